The van der Waals surface area contributed by atoms with Crippen LogP contribution in [0.3, 0.4) is 0 Å². The second-order valence-electron chi connectivity index (χ2n) is 3.63. The number of hydrogen-bond donors (Lipinski definition) is 0. The van der Waals surface area contributed by atoms with Gasteiger partial charge >= 0.3 is 0 Å². The van der Waals surface area contributed by atoms with Crippen LogP contribution in [-0.2, 0) is 0 Å². The van der Waals surface area contributed by atoms with Crippen LogP contribution in [0.4, 0.5) is 0 Å². The van der Waals surface area contributed by atoms with Crippen LogP contribution in [0, 0.1) is 0 Å². The molecular formula is C12H4Br4S2. The molecule has 0 nitrogen and oxygen atoms in total. The van der Waals surface area contributed by atoms with Gasteiger partial charge in [-0.3, -0.25) is 0 Å². The van der Waals surface area contributed by atoms with Gasteiger partial charge in [0.1, 0.15) is 0 Å². The van der Waals surface area contributed by atoms with Crippen LogP contribution in [0.2, 0.25) is 0 Å². The van der Waals surface area contributed by atoms with Crippen molar-refractivity contribution in [1.29, 1.82) is 0 Å². The quantitative estimate of drug-likeness (QED) is 0.297. The lowest BCUT2D eigenvalue weighted by atomic mass is 10.3. The van der Waals surface area contributed by atoms with Gasteiger partial charge in [0.05, 0.1) is 0 Å². The molecular weight excluding hydrogens is 528 g/mol. The maximum absolute atomic E-state index is 3.55. The zero-order chi connectivity index (χ0) is 12.9. The Morgan fingerprint density at radius 1 is 0.500 bits per heavy atom. The Hall–Kier alpha value is 1.06. The minimum atomic E-state index is 1.09. The molecule has 0 aliphatic carbocycles. The highest BCUT2D eigenvalue weighted by Gasteiger charge is 2.19. The highest BCUT2D eigenvalue weighted by Crippen LogP contribution is 2.51. The Labute approximate surface area is 147 Å². The molecule has 2 aromatic rings. The molecule has 0 saturated carbocycles. The summed E-state index contributed by atoms with van der Waals surface area (Å²) in [5.41, 5.74) is 0. The topological polar surface area (TPSA) is 0 Å². The molecule has 0 amide bonds. The molecule has 0 atom stereocenters. The van der Waals surface area contributed by atoms with E-state index >= 15 is 0 Å². The van der Waals surface area contributed by atoms with Gasteiger partial charge in [0.2, 0.25) is 0 Å². The molecule has 1 aliphatic heterocycles. The molecule has 1 heterocycles. The van der Waals surface area contributed by atoms with Gasteiger partial charge in [0.25, 0.3) is 0 Å². The average Bonchev–Trinajstić information content (AvgIpc) is 2.31. The Bertz CT molecular complexity index is 544. The van der Waals surface area contributed by atoms with E-state index in [0.29, 0.717) is 0 Å². The minimum Gasteiger partial charge on any atom is -0.0876 e. The highest BCUT2D eigenvalue weighted by molar-refractivity contribution is 9.13. The van der Waals surface area contributed by atoms with Crippen LogP contribution in [0.5, 0.6) is 0 Å². The van der Waals surface area contributed by atoms with E-state index in [-0.39, 0.29) is 0 Å². The maximum atomic E-state index is 3.55. The Kier molecular flexibility index (Phi) is 4.24. The van der Waals surface area contributed by atoms with Gasteiger partial charge < -0.3 is 0 Å². The Balaban J connectivity index is 2.12. The van der Waals surface area contributed by atoms with Crippen molar-refractivity contribution in [3.8, 4) is 0 Å². The van der Waals surface area contributed by atoms with Crippen molar-refractivity contribution in [1.82, 2.24) is 0 Å². The van der Waals surface area contributed by atoms with Crippen molar-refractivity contribution >= 4 is 87.2 Å². The van der Waals surface area contributed by atoms with E-state index < -0.39 is 0 Å². The van der Waals surface area contributed by atoms with E-state index in [9.17, 15) is 0 Å². The number of benzene rings is 2. The lowest BCUT2D eigenvalue weighted by Gasteiger charge is -2.19. The normalized spacial score (nSPS) is 13.1. The lowest BCUT2D eigenvalue weighted by molar-refractivity contribution is 1.13. The SMILES string of the molecule is Brc1cc2c(cc1Br)Sc1cc(Br)c(Br)cc1S2. The first-order chi connectivity index (χ1) is 8.54. The smallest absolute Gasteiger partial charge is 0.0329 e. The number of fused-ring (bicyclic) bond motifs is 2. The average molecular weight is 532 g/mol. The lowest BCUT2D eigenvalue weighted by Crippen LogP contribution is -1.90. The zero-order valence-electron chi connectivity index (χ0n) is 8.64. The fraction of sp³-hybridized carbons (Fsp3) is 0. The van der Waals surface area contributed by atoms with E-state index in [1.165, 1.54) is 19.6 Å². The van der Waals surface area contributed by atoms with E-state index in [1.54, 1.807) is 23.5 Å². The van der Waals surface area contributed by atoms with Gasteiger partial charge in [-0.2, -0.15) is 0 Å². The molecule has 3 rings (SSSR count). The molecule has 0 bridgehead atoms. The fourth-order valence-electron chi connectivity index (χ4n) is 1.58. The van der Waals surface area contributed by atoms with Crippen LogP contribution < -0.4 is 0 Å². The summed E-state index contributed by atoms with van der Waals surface area (Å²) < 4.78 is 4.37. The minimum absolute atomic E-state index is 1.09. The monoisotopic (exact) mass is 528 g/mol. The second kappa shape index (κ2) is 5.45. The van der Waals surface area contributed by atoms with Crippen LogP contribution >= 0.6 is 87.2 Å². The summed E-state index contributed by atoms with van der Waals surface area (Å²) in [4.78, 5) is 5.15. The molecule has 92 valence electrons. The molecule has 0 fully saturated rings. The fourth-order valence-corrected chi connectivity index (χ4v) is 5.88. The van der Waals surface area contributed by atoms with Crippen LogP contribution in [0.15, 0.2) is 61.7 Å². The summed E-state index contributed by atoms with van der Waals surface area (Å²) in [5.74, 6) is 0. The van der Waals surface area contributed by atoms with Gasteiger partial charge in [0, 0.05) is 37.5 Å². The molecule has 2 aromatic carbocycles. The van der Waals surface area contributed by atoms with Gasteiger partial charge in [-0.05, 0) is 88.0 Å². The van der Waals surface area contributed by atoms with Gasteiger partial charge in [-0.15, -0.1) is 0 Å². The first-order valence-corrected chi connectivity index (χ1v) is 9.69. The van der Waals surface area contributed by atoms with Crippen molar-refractivity contribution in [3.63, 3.8) is 0 Å². The number of hydrogen-bond acceptors (Lipinski definition) is 2. The van der Waals surface area contributed by atoms with Crippen molar-refractivity contribution in [2.75, 3.05) is 0 Å². The zero-order valence-corrected chi connectivity index (χ0v) is 16.6. The predicted molar refractivity (Wildman–Crippen MR) is 91.9 cm³/mol. The largest absolute Gasteiger partial charge is 0.0876 e. The molecule has 0 saturated heterocycles. The van der Waals surface area contributed by atoms with Crippen molar-refractivity contribution < 1.29 is 0 Å². The van der Waals surface area contributed by atoms with E-state index in [1.807, 2.05) is 0 Å². The van der Waals surface area contributed by atoms with E-state index in [2.05, 4.69) is 88.0 Å². The van der Waals surface area contributed by atoms with Crippen molar-refractivity contribution in [3.05, 3.63) is 42.2 Å². The van der Waals surface area contributed by atoms with Crippen LogP contribution in [0.1, 0.15) is 0 Å². The number of halogens is 4. The summed E-state index contributed by atoms with van der Waals surface area (Å²) in [7, 11) is 0. The Morgan fingerprint density at radius 2 is 0.722 bits per heavy atom. The molecule has 0 spiro atoms. The third-order valence-electron chi connectivity index (χ3n) is 2.41. The highest BCUT2D eigenvalue weighted by atomic mass is 79.9. The van der Waals surface area contributed by atoms with Gasteiger partial charge in [0.15, 0.2) is 0 Å². The van der Waals surface area contributed by atoms with Crippen molar-refractivity contribution in [2.45, 2.75) is 19.6 Å². The molecule has 0 N–H and O–H groups in total. The summed E-state index contributed by atoms with van der Waals surface area (Å²) in [6.45, 7) is 0. The standard InChI is InChI=1S/C12H4Br4S2/c13-5-1-9-10(2-6(5)14)18-12-4-8(16)7(15)3-11(12)17-9/h1-4H. The Morgan fingerprint density at radius 3 is 0.944 bits per heavy atom. The molecule has 18 heavy (non-hydrogen) atoms. The van der Waals surface area contributed by atoms with Gasteiger partial charge in [-0.1, -0.05) is 23.5 Å². The van der Waals surface area contributed by atoms with Crippen LogP contribution in [0.25, 0.3) is 0 Å². The molecule has 6 heteroatoms. The van der Waals surface area contributed by atoms with E-state index in [4.69, 9.17) is 0 Å². The first-order valence-electron chi connectivity index (χ1n) is 4.88. The molecule has 0 unspecified atom stereocenters. The summed E-state index contributed by atoms with van der Waals surface area (Å²) >= 11 is 17.8. The molecule has 0 radical (unpaired) electrons. The van der Waals surface area contributed by atoms with E-state index in [0.717, 1.165) is 17.9 Å². The third kappa shape index (κ3) is 2.61. The summed E-state index contributed by atoms with van der Waals surface area (Å²) in [6, 6.07) is 8.65. The molecule has 0 aromatic heterocycles. The molecule has 1 aliphatic rings. The second-order valence-corrected chi connectivity index (χ2v) is 9.22. The van der Waals surface area contributed by atoms with Crippen molar-refractivity contribution in [2.24, 2.45) is 0 Å². The maximum Gasteiger partial charge on any atom is 0.0329 e. The first kappa shape index (κ1) is 14.0. The third-order valence-corrected chi connectivity index (χ3v) is 8.59. The summed E-state index contributed by atoms with van der Waals surface area (Å²) in [5, 5.41) is 0. The number of rotatable bonds is 0. The predicted octanol–water partition coefficient (Wildman–Crippen LogP) is 7.35. The van der Waals surface area contributed by atoms with Crippen LogP contribution in [-0.4, -0.2) is 0 Å². The van der Waals surface area contributed by atoms with Gasteiger partial charge in [-0.25, -0.2) is 0 Å². The summed E-state index contributed by atoms with van der Waals surface area (Å²) in [6.07, 6.45) is 0.